The second-order valence-corrected chi connectivity index (χ2v) is 5.76. The molecular formula is C20H25N3O2. The Bertz CT molecular complexity index is 726. The van der Waals surface area contributed by atoms with Crippen molar-refractivity contribution in [2.24, 2.45) is 0 Å². The number of ether oxygens (including phenoxy) is 1. The first kappa shape index (κ1) is 18.5. The van der Waals surface area contributed by atoms with Gasteiger partial charge in [-0.1, -0.05) is 12.2 Å². The van der Waals surface area contributed by atoms with E-state index in [1.165, 1.54) is 0 Å². The molecule has 0 aliphatic rings. The van der Waals surface area contributed by atoms with Gasteiger partial charge in [-0.2, -0.15) is 0 Å². The smallest absolute Gasteiger partial charge is 0.257 e. The van der Waals surface area contributed by atoms with Crippen molar-refractivity contribution >= 4 is 17.4 Å². The summed E-state index contributed by atoms with van der Waals surface area (Å²) in [6, 6.07) is 11.1. The second-order valence-electron chi connectivity index (χ2n) is 5.76. The van der Waals surface area contributed by atoms with Gasteiger partial charge in [-0.25, -0.2) is 4.98 Å². The lowest BCUT2D eigenvalue weighted by Crippen LogP contribution is -2.32. The first-order valence-electron chi connectivity index (χ1n) is 8.43. The maximum atomic E-state index is 12.8. The summed E-state index contributed by atoms with van der Waals surface area (Å²) in [5, 5.41) is 3.22. The van der Waals surface area contributed by atoms with Gasteiger partial charge in [-0.3, -0.25) is 4.79 Å². The summed E-state index contributed by atoms with van der Waals surface area (Å²) in [7, 11) is 0. The number of carbonyl (C=O) groups is 1. The Balaban J connectivity index is 2.22. The molecule has 25 heavy (non-hydrogen) atoms. The third-order valence-electron chi connectivity index (χ3n) is 3.60. The minimum Gasteiger partial charge on any atom is -0.494 e. The van der Waals surface area contributed by atoms with E-state index in [4.69, 9.17) is 4.74 Å². The van der Waals surface area contributed by atoms with Crippen molar-refractivity contribution in [3.05, 3.63) is 60.3 Å². The number of pyridine rings is 1. The molecular weight excluding hydrogens is 314 g/mol. The number of aromatic nitrogens is 1. The summed E-state index contributed by atoms with van der Waals surface area (Å²) in [6.07, 6.45) is 1.67. The highest BCUT2D eigenvalue weighted by Gasteiger charge is 2.18. The predicted molar refractivity (Wildman–Crippen MR) is 102 cm³/mol. The minimum atomic E-state index is -0.0629. The zero-order valence-electron chi connectivity index (χ0n) is 15.1. The molecule has 0 spiro atoms. The van der Waals surface area contributed by atoms with Crippen LogP contribution in [0.1, 0.15) is 31.1 Å². The van der Waals surface area contributed by atoms with Crippen molar-refractivity contribution in [1.82, 2.24) is 9.88 Å². The third-order valence-corrected chi connectivity index (χ3v) is 3.60. The lowest BCUT2D eigenvalue weighted by atomic mass is 10.2. The van der Waals surface area contributed by atoms with Gasteiger partial charge < -0.3 is 15.0 Å². The fraction of sp³-hybridized carbons (Fsp3) is 0.300. The Hall–Kier alpha value is -2.82. The molecule has 2 aromatic rings. The number of benzene rings is 1. The van der Waals surface area contributed by atoms with Crippen LogP contribution in [-0.4, -0.2) is 35.5 Å². The molecule has 1 aromatic carbocycles. The average molecular weight is 339 g/mol. The lowest BCUT2D eigenvalue weighted by molar-refractivity contribution is 0.0779. The van der Waals surface area contributed by atoms with E-state index < -0.39 is 0 Å². The summed E-state index contributed by atoms with van der Waals surface area (Å²) < 4.78 is 5.44. The quantitative estimate of drug-likeness (QED) is 0.730. The second kappa shape index (κ2) is 8.87. The van der Waals surface area contributed by atoms with Crippen LogP contribution in [0.2, 0.25) is 0 Å². The van der Waals surface area contributed by atoms with Crippen LogP contribution in [0.15, 0.2) is 54.7 Å². The van der Waals surface area contributed by atoms with Crippen molar-refractivity contribution in [2.75, 3.05) is 25.0 Å². The van der Waals surface area contributed by atoms with Crippen molar-refractivity contribution < 1.29 is 9.53 Å². The van der Waals surface area contributed by atoms with Crippen LogP contribution in [0.25, 0.3) is 0 Å². The molecule has 5 heteroatoms. The molecule has 2 rings (SSSR count). The van der Waals surface area contributed by atoms with Gasteiger partial charge in [0.15, 0.2) is 0 Å². The number of anilines is 2. The number of rotatable bonds is 8. The number of likely N-dealkylation sites (N-methyl/N-ethyl adjacent to an activating group) is 1. The first-order chi connectivity index (χ1) is 12.0. The van der Waals surface area contributed by atoms with Crippen LogP contribution >= 0.6 is 0 Å². The molecule has 0 saturated carbocycles. The summed E-state index contributed by atoms with van der Waals surface area (Å²) in [4.78, 5) is 18.9. The van der Waals surface area contributed by atoms with Gasteiger partial charge in [0.25, 0.3) is 5.91 Å². The molecule has 0 atom stereocenters. The Morgan fingerprint density at radius 2 is 1.96 bits per heavy atom. The van der Waals surface area contributed by atoms with E-state index >= 15 is 0 Å². The van der Waals surface area contributed by atoms with Gasteiger partial charge in [0.05, 0.1) is 12.2 Å². The van der Waals surface area contributed by atoms with Crippen LogP contribution in [-0.2, 0) is 0 Å². The van der Waals surface area contributed by atoms with Crippen LogP contribution in [0.5, 0.6) is 5.75 Å². The van der Waals surface area contributed by atoms with E-state index in [-0.39, 0.29) is 5.91 Å². The maximum Gasteiger partial charge on any atom is 0.257 e. The number of hydrogen-bond acceptors (Lipinski definition) is 4. The van der Waals surface area contributed by atoms with E-state index in [1.807, 2.05) is 45.0 Å². The van der Waals surface area contributed by atoms with Crippen molar-refractivity contribution in [3.8, 4) is 5.75 Å². The van der Waals surface area contributed by atoms with E-state index in [9.17, 15) is 4.79 Å². The van der Waals surface area contributed by atoms with Crippen molar-refractivity contribution in [2.45, 2.75) is 20.8 Å². The molecule has 0 bridgehead atoms. The van der Waals surface area contributed by atoms with Crippen molar-refractivity contribution in [1.29, 1.82) is 0 Å². The van der Waals surface area contributed by atoms with Gasteiger partial charge in [-0.05, 0) is 57.2 Å². The molecule has 0 saturated heterocycles. The standard InChI is InChI=1S/C20H25N3O2/c1-5-23(14-15(3)4)20(24)18-8-7-13-21-19(18)22-16-9-11-17(12-10-16)25-6-2/h7-13H,3,5-6,14H2,1-2,4H3,(H,21,22). The number of hydrogen-bond donors (Lipinski definition) is 1. The molecule has 0 aliphatic carbocycles. The van der Waals surface area contributed by atoms with E-state index in [2.05, 4.69) is 16.9 Å². The maximum absolute atomic E-state index is 12.8. The topological polar surface area (TPSA) is 54.5 Å². The highest BCUT2D eigenvalue weighted by molar-refractivity contribution is 5.99. The summed E-state index contributed by atoms with van der Waals surface area (Å²) in [5.41, 5.74) is 2.33. The summed E-state index contributed by atoms with van der Waals surface area (Å²) >= 11 is 0. The van der Waals surface area contributed by atoms with Crippen LogP contribution in [0.4, 0.5) is 11.5 Å². The molecule has 1 aromatic heterocycles. The zero-order valence-corrected chi connectivity index (χ0v) is 15.1. The van der Waals surface area contributed by atoms with Gasteiger partial charge in [0, 0.05) is 25.0 Å². The van der Waals surface area contributed by atoms with Crippen LogP contribution in [0.3, 0.4) is 0 Å². The largest absolute Gasteiger partial charge is 0.494 e. The monoisotopic (exact) mass is 339 g/mol. The van der Waals surface area contributed by atoms with E-state index in [0.29, 0.717) is 31.1 Å². The molecule has 0 unspecified atom stereocenters. The molecule has 0 aliphatic heterocycles. The third kappa shape index (κ3) is 5.08. The Morgan fingerprint density at radius 1 is 1.24 bits per heavy atom. The summed E-state index contributed by atoms with van der Waals surface area (Å²) in [6.45, 7) is 11.5. The number of carbonyl (C=O) groups excluding carboxylic acids is 1. The Labute approximate surface area is 149 Å². The molecule has 1 heterocycles. The molecule has 1 N–H and O–H groups in total. The number of amides is 1. The van der Waals surface area contributed by atoms with Gasteiger partial charge in [-0.15, -0.1) is 0 Å². The normalized spacial score (nSPS) is 10.2. The summed E-state index contributed by atoms with van der Waals surface area (Å²) in [5.74, 6) is 1.29. The van der Waals surface area contributed by atoms with Gasteiger partial charge in [0.2, 0.25) is 0 Å². The van der Waals surface area contributed by atoms with Gasteiger partial charge in [0.1, 0.15) is 11.6 Å². The fourth-order valence-electron chi connectivity index (χ4n) is 2.44. The van der Waals surface area contributed by atoms with Crippen LogP contribution in [0, 0.1) is 0 Å². The minimum absolute atomic E-state index is 0.0629. The van der Waals surface area contributed by atoms with Crippen LogP contribution < -0.4 is 10.1 Å². The lowest BCUT2D eigenvalue weighted by Gasteiger charge is -2.22. The molecule has 1 amide bonds. The molecule has 0 fully saturated rings. The number of nitrogens with zero attached hydrogens (tertiary/aromatic N) is 2. The first-order valence-corrected chi connectivity index (χ1v) is 8.43. The molecule has 0 radical (unpaired) electrons. The van der Waals surface area contributed by atoms with Gasteiger partial charge >= 0.3 is 0 Å². The predicted octanol–water partition coefficient (Wildman–Crippen LogP) is 4.26. The zero-order chi connectivity index (χ0) is 18.2. The highest BCUT2D eigenvalue weighted by Crippen LogP contribution is 2.22. The SMILES string of the molecule is C=C(C)CN(CC)C(=O)c1cccnc1Nc1ccc(OCC)cc1. The average Bonchev–Trinajstić information content (AvgIpc) is 2.61. The Kier molecular flexibility index (Phi) is 6.57. The highest BCUT2D eigenvalue weighted by atomic mass is 16.5. The number of nitrogens with one attached hydrogen (secondary N) is 1. The molecule has 5 nitrogen and oxygen atoms in total. The van der Waals surface area contributed by atoms with E-state index in [1.54, 1.807) is 23.2 Å². The molecule has 132 valence electrons. The van der Waals surface area contributed by atoms with E-state index in [0.717, 1.165) is 17.0 Å². The fourth-order valence-corrected chi connectivity index (χ4v) is 2.44. The Morgan fingerprint density at radius 3 is 2.56 bits per heavy atom. The van der Waals surface area contributed by atoms with Crippen molar-refractivity contribution in [3.63, 3.8) is 0 Å².